The number of carbonyl (C=O) groups is 4. The first kappa shape index (κ1) is 81.5. The summed E-state index contributed by atoms with van der Waals surface area (Å²) in [5.74, 6) is 1.52. The number of aromatic amines is 3. The van der Waals surface area contributed by atoms with Crippen molar-refractivity contribution < 1.29 is 58.0 Å². The Morgan fingerprint density at radius 3 is 1.25 bits per heavy atom. The maximum Gasteiger partial charge on any atom is 0.488 e. The van der Waals surface area contributed by atoms with E-state index < -0.39 is 13.1 Å². The Labute approximate surface area is 634 Å². The molecule has 0 radical (unpaired) electrons. The number of carboxylic acid groups (broad SMARTS) is 1. The standard InChI is InChI=1S/C24H23N3O2.C18H18BrN3O2.C10H11BrO3.C9H9BrO3.C9H11N3.C6H7BO2.HI/c1-3-29-22-13-12-18(14-21(22)17-8-5-4-6-9-17)24(28)27(2)16-20-11-7-10-19-15-25-26-23(19)20;1-3-24-16-8-7-12(9-15(16)19)18(23)22(2)11-14-6-4-5-13-10-20-21-17(13)14;1-3-14-9-5-4-7(6-8(9)11)10(12)13-2;1-2-13-8-4-3-6(9(11)12)5-7(8)10;1-10-5-7-3-2-4-8-6-11-12-9(7)8;8-7(9)6-4-2-1-3-5-6;/h4-15H,3,16H2,1-2H3,(H,25,26);4-10H,3,11H2,1-2H3,(H,20,21);4-6H,3H2,1-2H3;3-5H,2H2,1H3,(H,11,12);2-4,6,10H,5H2,1H3,(H,11,12);1-5,8-9H;1H. The number of nitrogens with one attached hydrogen (secondary N) is 4. The predicted octanol–water partition coefficient (Wildman–Crippen LogP) is 15.3. The quantitative estimate of drug-likeness (QED) is 0.0212. The molecular formula is C76H80BBr3IN9O12. The molecular weight excluding hydrogens is 1610 g/mol. The molecule has 12 aromatic rings. The van der Waals surface area contributed by atoms with Gasteiger partial charge in [0.1, 0.15) is 23.0 Å². The van der Waals surface area contributed by atoms with Gasteiger partial charge in [-0.2, -0.15) is 15.3 Å². The second-order valence-electron chi connectivity index (χ2n) is 21.9. The molecule has 9 aromatic carbocycles. The molecule has 532 valence electrons. The van der Waals surface area contributed by atoms with E-state index in [1.54, 1.807) is 89.9 Å². The van der Waals surface area contributed by atoms with Crippen molar-refractivity contribution in [2.24, 2.45) is 0 Å². The molecule has 0 saturated carbocycles. The first-order valence-electron chi connectivity index (χ1n) is 32.0. The number of hydrogen-bond donors (Lipinski definition) is 7. The third-order valence-electron chi connectivity index (χ3n) is 14.9. The second kappa shape index (κ2) is 42.1. The average molecular weight is 1690 g/mol. The van der Waals surface area contributed by atoms with Gasteiger partial charge < -0.3 is 54.0 Å². The minimum atomic E-state index is -1.34. The molecule has 7 N–H and O–H groups in total. The van der Waals surface area contributed by atoms with E-state index in [1.807, 2.05) is 151 Å². The number of hydrogen-bond acceptors (Lipinski definition) is 15. The van der Waals surface area contributed by atoms with Crippen molar-refractivity contribution in [3.63, 3.8) is 0 Å². The lowest BCUT2D eigenvalue weighted by atomic mass is 9.81. The SMILES string of the molecule is CCOc1ccc(C(=O)N(C)Cc2cccc3cn[nH]c23)cc1-c1ccccc1.CCOc1ccc(C(=O)N(C)Cc2cccc3cn[nH]c23)cc1Br.CCOc1ccc(C(=O)O)cc1Br.CCOc1ccc(C(=O)OC)cc1Br.CNCc1cccc2cn[nH]c12.I.OB(O)c1ccccc1. The smallest absolute Gasteiger partial charge is 0.488 e. The molecule has 3 heterocycles. The zero-order valence-corrected chi connectivity index (χ0v) is 64.5. The predicted molar refractivity (Wildman–Crippen MR) is 422 cm³/mol. The first-order chi connectivity index (χ1) is 48.8. The highest BCUT2D eigenvalue weighted by molar-refractivity contribution is 14.0. The van der Waals surface area contributed by atoms with Gasteiger partial charge in [0.2, 0.25) is 0 Å². The van der Waals surface area contributed by atoms with E-state index in [2.05, 4.69) is 101 Å². The van der Waals surface area contributed by atoms with Gasteiger partial charge in [-0.1, -0.05) is 115 Å². The van der Waals surface area contributed by atoms with Crippen molar-refractivity contribution in [2.75, 3.05) is 54.7 Å². The minimum Gasteiger partial charge on any atom is -0.493 e. The van der Waals surface area contributed by atoms with Crippen molar-refractivity contribution in [3.8, 4) is 34.1 Å². The van der Waals surface area contributed by atoms with E-state index in [1.165, 1.54) is 30.2 Å². The van der Waals surface area contributed by atoms with Crippen LogP contribution in [0.2, 0.25) is 0 Å². The van der Waals surface area contributed by atoms with Gasteiger partial charge in [0, 0.05) is 66.6 Å². The number of nitrogens with zero attached hydrogens (tertiary/aromatic N) is 5. The molecule has 26 heteroatoms. The zero-order valence-electron chi connectivity index (χ0n) is 57.5. The molecule has 0 aliphatic heterocycles. The van der Waals surface area contributed by atoms with Gasteiger partial charge in [-0.05, 0) is 183 Å². The number of aromatic nitrogens is 6. The number of esters is 1. The number of methoxy groups -OCH3 is 1. The van der Waals surface area contributed by atoms with Crippen LogP contribution in [-0.4, -0.2) is 141 Å². The van der Waals surface area contributed by atoms with Crippen molar-refractivity contribution >= 4 is 141 Å². The number of benzene rings is 9. The highest BCUT2D eigenvalue weighted by Gasteiger charge is 2.19. The summed E-state index contributed by atoms with van der Waals surface area (Å²) in [6.45, 7) is 11.8. The molecule has 2 amide bonds. The number of halogens is 4. The van der Waals surface area contributed by atoms with E-state index in [0.29, 0.717) is 71.9 Å². The van der Waals surface area contributed by atoms with Crippen molar-refractivity contribution in [3.05, 3.63) is 259 Å². The lowest BCUT2D eigenvalue weighted by Gasteiger charge is -2.19. The Hall–Kier alpha value is -9.42. The minimum absolute atomic E-state index is 0. The number of aromatic carboxylic acids is 1. The molecule has 3 aromatic heterocycles. The summed E-state index contributed by atoms with van der Waals surface area (Å²) < 4.78 is 28.6. The Bertz CT molecular complexity index is 4640. The van der Waals surface area contributed by atoms with Gasteiger partial charge in [0.05, 0.1) is 93.2 Å². The Balaban J connectivity index is 0.000000201. The molecule has 0 atom stereocenters. The number of H-pyrrole nitrogens is 3. The van der Waals surface area contributed by atoms with Crippen LogP contribution in [0.15, 0.2) is 220 Å². The zero-order chi connectivity index (χ0) is 72.8. The number of ether oxygens (including phenoxy) is 5. The van der Waals surface area contributed by atoms with Crippen LogP contribution in [-0.2, 0) is 24.4 Å². The van der Waals surface area contributed by atoms with Gasteiger partial charge >= 0.3 is 19.1 Å². The molecule has 0 aliphatic rings. The fraction of sp³-hybridized carbons (Fsp3) is 0.197. The number of carboxylic acids is 1. The lowest BCUT2D eigenvalue weighted by Crippen LogP contribution is -2.29. The van der Waals surface area contributed by atoms with E-state index >= 15 is 0 Å². The van der Waals surface area contributed by atoms with Crippen LogP contribution in [0.1, 0.15) is 85.8 Å². The van der Waals surface area contributed by atoms with Crippen molar-refractivity contribution in [1.29, 1.82) is 0 Å². The van der Waals surface area contributed by atoms with E-state index in [4.69, 9.17) is 34.1 Å². The number of rotatable bonds is 20. The van der Waals surface area contributed by atoms with Gasteiger partial charge in [0.25, 0.3) is 11.8 Å². The molecule has 0 bridgehead atoms. The van der Waals surface area contributed by atoms with Crippen LogP contribution in [0.3, 0.4) is 0 Å². The summed E-state index contributed by atoms with van der Waals surface area (Å²) in [7, 11) is 5.56. The highest BCUT2D eigenvalue weighted by Crippen LogP contribution is 2.33. The average Bonchev–Trinajstić information content (AvgIpc) is 0.886. The maximum atomic E-state index is 13.1. The van der Waals surface area contributed by atoms with Gasteiger partial charge in [-0.3, -0.25) is 24.9 Å². The lowest BCUT2D eigenvalue weighted by molar-refractivity contribution is 0.0599. The molecule has 0 unspecified atom stereocenters. The summed E-state index contributed by atoms with van der Waals surface area (Å²) in [6.07, 6.45) is 5.41. The fourth-order valence-corrected chi connectivity index (χ4v) is 11.5. The van der Waals surface area contributed by atoms with Crippen LogP contribution in [0.5, 0.6) is 23.0 Å². The van der Waals surface area contributed by atoms with Crippen molar-refractivity contribution in [2.45, 2.75) is 47.3 Å². The molecule has 21 nitrogen and oxygen atoms in total. The van der Waals surface area contributed by atoms with Crippen LogP contribution in [0.4, 0.5) is 0 Å². The summed E-state index contributed by atoms with van der Waals surface area (Å²) in [4.78, 5) is 50.9. The van der Waals surface area contributed by atoms with E-state index in [0.717, 1.165) is 82.3 Å². The van der Waals surface area contributed by atoms with Crippen LogP contribution < -0.4 is 29.7 Å². The largest absolute Gasteiger partial charge is 0.493 e. The Morgan fingerprint density at radius 2 is 0.853 bits per heavy atom. The number of carbonyl (C=O) groups excluding carboxylic acids is 3. The fourth-order valence-electron chi connectivity index (χ4n) is 10.0. The summed E-state index contributed by atoms with van der Waals surface area (Å²) in [5, 5.41) is 53.3. The third kappa shape index (κ3) is 23.6. The van der Waals surface area contributed by atoms with E-state index in [9.17, 15) is 19.2 Å². The molecule has 0 aliphatic carbocycles. The van der Waals surface area contributed by atoms with E-state index in [-0.39, 0.29) is 47.3 Å². The van der Waals surface area contributed by atoms with Crippen molar-refractivity contribution in [1.82, 2.24) is 45.7 Å². The number of amides is 2. The summed E-state index contributed by atoms with van der Waals surface area (Å²) in [6, 6.07) is 57.5. The topological polar surface area (TPSA) is 280 Å². The number of fused-ring (bicyclic) bond motifs is 3. The van der Waals surface area contributed by atoms with Crippen LogP contribution >= 0.6 is 71.8 Å². The molecule has 12 rings (SSSR count). The van der Waals surface area contributed by atoms with Gasteiger partial charge in [-0.25, -0.2) is 9.59 Å². The highest BCUT2D eigenvalue weighted by atomic mass is 127. The first-order valence-corrected chi connectivity index (χ1v) is 34.4. The Kier molecular flexibility index (Phi) is 33.7. The molecule has 0 spiro atoms. The summed E-state index contributed by atoms with van der Waals surface area (Å²) in [5.41, 5.74) is 10.8. The van der Waals surface area contributed by atoms with Gasteiger partial charge in [0.15, 0.2) is 0 Å². The second-order valence-corrected chi connectivity index (χ2v) is 24.5. The Morgan fingerprint density at radius 1 is 0.480 bits per heavy atom. The normalized spacial score (nSPS) is 10.2. The maximum absolute atomic E-state index is 13.1. The molecule has 102 heavy (non-hydrogen) atoms. The number of para-hydroxylation sites is 3. The molecule has 0 saturated heterocycles. The monoisotopic (exact) mass is 1690 g/mol. The van der Waals surface area contributed by atoms with Crippen LogP contribution in [0.25, 0.3) is 43.8 Å². The third-order valence-corrected chi connectivity index (χ3v) is 16.7. The van der Waals surface area contributed by atoms with Gasteiger partial charge in [-0.15, -0.1) is 24.0 Å². The van der Waals surface area contributed by atoms with Crippen LogP contribution in [0, 0.1) is 0 Å². The summed E-state index contributed by atoms with van der Waals surface area (Å²) >= 11 is 9.99. The molecule has 0 fully saturated rings.